The number of aromatic nitrogens is 4. The van der Waals surface area contributed by atoms with Gasteiger partial charge in [0.1, 0.15) is 0 Å². The van der Waals surface area contributed by atoms with Crippen molar-refractivity contribution in [2.24, 2.45) is 0 Å². The fourth-order valence-corrected chi connectivity index (χ4v) is 7.19. The van der Waals surface area contributed by atoms with Crippen LogP contribution in [0.2, 0.25) is 0 Å². The van der Waals surface area contributed by atoms with Crippen molar-refractivity contribution in [1.29, 1.82) is 0 Å². The lowest BCUT2D eigenvalue weighted by Crippen LogP contribution is -2.16. The summed E-state index contributed by atoms with van der Waals surface area (Å²) in [6.45, 7) is 6.89. The smallest absolute Gasteiger partial charge is 0.199 e. The number of fused-ring (bicyclic) bond motifs is 3. The number of nitrogens with zero attached hydrogens (tertiary/aromatic N) is 4. The van der Waals surface area contributed by atoms with Gasteiger partial charge >= 0.3 is 0 Å². The fourth-order valence-electron chi connectivity index (χ4n) is 4.39. The van der Waals surface area contributed by atoms with Gasteiger partial charge in [-0.2, -0.15) is 35.2 Å². The highest BCUT2D eigenvalue weighted by Gasteiger charge is 2.27. The molecule has 0 N–H and O–H groups in total. The maximum absolute atomic E-state index is 13.1. The van der Waals surface area contributed by atoms with Crippen LogP contribution in [-0.4, -0.2) is 35.2 Å². The molecule has 2 aromatic heterocycles. The summed E-state index contributed by atoms with van der Waals surface area (Å²) in [5.41, 5.74) is 5.77. The van der Waals surface area contributed by atoms with Gasteiger partial charge in [-0.3, -0.25) is 0 Å². The molecule has 5 rings (SSSR count). The Labute approximate surface area is 192 Å². The number of hydrogen-bond donors (Lipinski definition) is 0. The number of rotatable bonds is 4. The summed E-state index contributed by atoms with van der Waals surface area (Å²) in [6.07, 6.45) is 0.436. The van der Waals surface area contributed by atoms with Crippen molar-refractivity contribution in [2.75, 3.05) is 0 Å². The highest BCUT2D eigenvalue weighted by Crippen LogP contribution is 2.39. The van der Waals surface area contributed by atoms with Crippen LogP contribution in [-0.2, 0) is 26.5 Å². The maximum atomic E-state index is 13.1. The van der Waals surface area contributed by atoms with Gasteiger partial charge in [0.05, 0.1) is 32.6 Å². The quantitative estimate of drug-likeness (QED) is 0.389. The predicted molar refractivity (Wildman–Crippen MR) is 123 cm³/mol. The number of benzene rings is 2. The molecule has 0 radical (unpaired) electrons. The zero-order valence-corrected chi connectivity index (χ0v) is 20.2. The topological polar surface area (TPSA) is 104 Å². The summed E-state index contributed by atoms with van der Waals surface area (Å²) in [7, 11) is -7.66. The van der Waals surface area contributed by atoms with Crippen LogP contribution in [0.1, 0.15) is 33.9 Å². The molecule has 8 nitrogen and oxygen atoms in total. The van der Waals surface area contributed by atoms with Gasteiger partial charge in [-0.05, 0) is 92.8 Å². The van der Waals surface area contributed by atoms with Crippen molar-refractivity contribution < 1.29 is 16.8 Å². The summed E-state index contributed by atoms with van der Waals surface area (Å²) in [6, 6.07) is 13.4. The second-order valence-electron chi connectivity index (χ2n) is 8.36. The Morgan fingerprint density at radius 3 is 1.36 bits per heavy atom. The highest BCUT2D eigenvalue weighted by molar-refractivity contribution is 7.90. The summed E-state index contributed by atoms with van der Waals surface area (Å²) in [5.74, 6) is 0. The van der Waals surface area contributed by atoms with Crippen molar-refractivity contribution in [2.45, 2.75) is 43.9 Å². The van der Waals surface area contributed by atoms with Crippen LogP contribution in [0.3, 0.4) is 0 Å². The molecular formula is C23H22N4O4S2. The highest BCUT2D eigenvalue weighted by atomic mass is 32.2. The molecule has 0 unspecified atom stereocenters. The van der Waals surface area contributed by atoms with E-state index in [1.807, 2.05) is 0 Å². The SMILES string of the molecule is Cc1cc(C)n(S(=O)(=O)c2ccc3c(c2)Cc2cc(S(=O)(=O)n4nc(C)cc4C)ccc2-3)n1. The third-order valence-corrected chi connectivity index (χ3v) is 9.16. The maximum Gasteiger partial charge on any atom is 0.283 e. The van der Waals surface area contributed by atoms with Crippen LogP contribution in [0.15, 0.2) is 58.3 Å². The van der Waals surface area contributed by atoms with E-state index in [1.165, 1.54) is 0 Å². The van der Waals surface area contributed by atoms with Crippen molar-refractivity contribution in [1.82, 2.24) is 18.4 Å². The molecule has 1 aliphatic carbocycles. The molecular weight excluding hydrogens is 460 g/mol. The fraction of sp³-hybridized carbons (Fsp3) is 0.217. The number of hydrogen-bond acceptors (Lipinski definition) is 6. The molecule has 0 atom stereocenters. The van der Waals surface area contributed by atoms with Gasteiger partial charge in [0.25, 0.3) is 20.0 Å². The average molecular weight is 483 g/mol. The van der Waals surface area contributed by atoms with E-state index >= 15 is 0 Å². The van der Waals surface area contributed by atoms with Gasteiger partial charge in [0.2, 0.25) is 0 Å². The van der Waals surface area contributed by atoms with Crippen molar-refractivity contribution >= 4 is 20.0 Å². The van der Waals surface area contributed by atoms with Crippen molar-refractivity contribution in [3.63, 3.8) is 0 Å². The molecule has 0 amide bonds. The minimum absolute atomic E-state index is 0.149. The van der Waals surface area contributed by atoms with Crippen LogP contribution in [0.5, 0.6) is 0 Å². The Hall–Kier alpha value is -3.24. The summed E-state index contributed by atoms with van der Waals surface area (Å²) < 4.78 is 54.6. The second kappa shape index (κ2) is 7.13. The molecule has 0 saturated heterocycles. The Kier molecular flexibility index (Phi) is 4.67. The van der Waals surface area contributed by atoms with E-state index in [0.29, 0.717) is 29.2 Å². The van der Waals surface area contributed by atoms with Gasteiger partial charge in [-0.15, -0.1) is 0 Å². The largest absolute Gasteiger partial charge is 0.283 e. The zero-order chi connectivity index (χ0) is 23.7. The average Bonchev–Trinajstić information content (AvgIpc) is 3.40. The van der Waals surface area contributed by atoms with E-state index in [1.54, 1.807) is 76.2 Å². The molecule has 2 aromatic carbocycles. The van der Waals surface area contributed by atoms with Crippen molar-refractivity contribution in [3.05, 3.63) is 82.4 Å². The normalized spacial score (nSPS) is 13.2. The standard InChI is InChI=1S/C23H22N4O4S2/c1-14-9-16(3)26(24-14)32(28,29)20-5-7-22-18(12-20)11-19-13-21(6-8-23(19)22)33(30,31)27-17(4)10-15(2)25-27/h5-10,12-13H,11H2,1-4H3. The lowest BCUT2D eigenvalue weighted by atomic mass is 10.1. The first kappa shape index (κ1) is 21.6. The molecule has 0 spiro atoms. The van der Waals surface area contributed by atoms with Crippen LogP contribution in [0.25, 0.3) is 11.1 Å². The first-order valence-electron chi connectivity index (χ1n) is 10.3. The molecule has 170 valence electrons. The van der Waals surface area contributed by atoms with Gasteiger partial charge in [0, 0.05) is 0 Å². The number of aryl methyl sites for hydroxylation is 4. The molecule has 10 heteroatoms. The second-order valence-corrected chi connectivity index (χ2v) is 11.9. The molecule has 33 heavy (non-hydrogen) atoms. The molecule has 2 heterocycles. The zero-order valence-electron chi connectivity index (χ0n) is 18.6. The third kappa shape index (κ3) is 3.32. The van der Waals surface area contributed by atoms with Gasteiger partial charge in [-0.1, -0.05) is 12.1 Å². The Balaban J connectivity index is 1.54. The van der Waals surface area contributed by atoms with Gasteiger partial charge in [0.15, 0.2) is 0 Å². The van der Waals surface area contributed by atoms with Gasteiger partial charge < -0.3 is 0 Å². The molecule has 4 aromatic rings. The Morgan fingerprint density at radius 2 is 1.03 bits per heavy atom. The lowest BCUT2D eigenvalue weighted by molar-refractivity contribution is 0.576. The predicted octanol–water partition coefficient (Wildman–Crippen LogP) is 3.36. The van der Waals surface area contributed by atoms with Crippen LogP contribution in [0, 0.1) is 27.7 Å². The molecule has 1 aliphatic rings. The van der Waals surface area contributed by atoms with E-state index in [2.05, 4.69) is 10.2 Å². The minimum atomic E-state index is -3.83. The van der Waals surface area contributed by atoms with E-state index < -0.39 is 20.0 Å². The Morgan fingerprint density at radius 1 is 0.636 bits per heavy atom. The Bertz CT molecular complexity index is 1540. The van der Waals surface area contributed by atoms with E-state index in [0.717, 1.165) is 30.4 Å². The van der Waals surface area contributed by atoms with Crippen LogP contribution < -0.4 is 0 Å². The summed E-state index contributed by atoms with van der Waals surface area (Å²) >= 11 is 0. The lowest BCUT2D eigenvalue weighted by Gasteiger charge is -2.09. The summed E-state index contributed by atoms with van der Waals surface area (Å²) in [4.78, 5) is 0.298. The van der Waals surface area contributed by atoms with Crippen LogP contribution in [0.4, 0.5) is 0 Å². The molecule has 0 fully saturated rings. The first-order valence-corrected chi connectivity index (χ1v) is 13.2. The summed E-state index contributed by atoms with van der Waals surface area (Å²) in [5, 5.41) is 8.24. The first-order chi connectivity index (χ1) is 15.5. The monoisotopic (exact) mass is 482 g/mol. The van der Waals surface area contributed by atoms with E-state index in [4.69, 9.17) is 0 Å². The van der Waals surface area contributed by atoms with Gasteiger partial charge in [-0.25, -0.2) is 0 Å². The third-order valence-electron chi connectivity index (χ3n) is 5.81. The van der Waals surface area contributed by atoms with Crippen LogP contribution >= 0.6 is 0 Å². The molecule has 0 aliphatic heterocycles. The van der Waals surface area contributed by atoms with E-state index in [9.17, 15) is 16.8 Å². The molecule has 0 saturated carbocycles. The van der Waals surface area contributed by atoms with Crippen molar-refractivity contribution in [3.8, 4) is 11.1 Å². The minimum Gasteiger partial charge on any atom is -0.199 e. The van der Waals surface area contributed by atoms with E-state index in [-0.39, 0.29) is 9.79 Å². The molecule has 0 bridgehead atoms.